The second kappa shape index (κ2) is 9.17. The Morgan fingerprint density at radius 2 is 1.97 bits per heavy atom. The van der Waals surface area contributed by atoms with Gasteiger partial charge in [-0.3, -0.25) is 0 Å². The zero-order valence-corrected chi connectivity index (χ0v) is 19.2. The van der Waals surface area contributed by atoms with Gasteiger partial charge in [0.2, 0.25) is 5.89 Å². The third kappa shape index (κ3) is 4.21. The first-order valence-electron chi connectivity index (χ1n) is 11.5. The van der Waals surface area contributed by atoms with Crippen LogP contribution in [0.5, 0.6) is 5.75 Å². The number of ether oxygens (including phenoxy) is 1. The van der Waals surface area contributed by atoms with Crippen LogP contribution < -0.4 is 10.1 Å². The Labute approximate surface area is 197 Å². The number of likely N-dealkylation sites (tertiary alicyclic amines) is 1. The predicted octanol–water partition coefficient (Wildman–Crippen LogP) is 6.71. The number of rotatable bonds is 5. The summed E-state index contributed by atoms with van der Waals surface area (Å²) in [6.07, 6.45) is 1.64. The molecule has 0 aliphatic carbocycles. The Bertz CT molecular complexity index is 1350. The average Bonchev–Trinajstić information content (AvgIpc) is 3.49. The Morgan fingerprint density at radius 3 is 2.79 bits per heavy atom. The molecule has 1 aliphatic heterocycles. The van der Waals surface area contributed by atoms with Crippen molar-refractivity contribution >= 4 is 22.8 Å². The molecule has 1 fully saturated rings. The number of hydrogen-bond acceptors (Lipinski definition) is 4. The van der Waals surface area contributed by atoms with Crippen LogP contribution in [0.1, 0.15) is 37.3 Å². The van der Waals surface area contributed by atoms with Gasteiger partial charge in [0.05, 0.1) is 12.3 Å². The number of para-hydroxylation sites is 2. The van der Waals surface area contributed by atoms with E-state index < -0.39 is 0 Å². The van der Waals surface area contributed by atoms with Gasteiger partial charge < -0.3 is 19.4 Å². The number of oxazole rings is 1. The maximum absolute atomic E-state index is 13.7. The van der Waals surface area contributed by atoms with Crippen molar-refractivity contribution in [3.63, 3.8) is 0 Å². The van der Waals surface area contributed by atoms with Gasteiger partial charge in [-0.1, -0.05) is 24.3 Å². The fourth-order valence-electron chi connectivity index (χ4n) is 4.40. The fraction of sp³-hybridized carbons (Fsp3) is 0.259. The number of aromatic nitrogens is 1. The number of fused-ring (bicyclic) bond motifs is 1. The zero-order valence-electron chi connectivity index (χ0n) is 19.2. The number of aryl methyl sites for hydroxylation is 1. The molecule has 1 atom stereocenters. The summed E-state index contributed by atoms with van der Waals surface area (Å²) in [6, 6.07) is 17.7. The zero-order chi connectivity index (χ0) is 23.7. The smallest absolute Gasteiger partial charge is 0.322 e. The molecule has 174 valence electrons. The maximum Gasteiger partial charge on any atom is 0.322 e. The van der Waals surface area contributed by atoms with Crippen molar-refractivity contribution in [3.05, 3.63) is 77.9 Å². The molecular formula is C27H26FN3O3. The summed E-state index contributed by atoms with van der Waals surface area (Å²) < 4.78 is 25.4. The molecule has 2 amide bonds. The summed E-state index contributed by atoms with van der Waals surface area (Å²) in [4.78, 5) is 19.6. The van der Waals surface area contributed by atoms with E-state index >= 15 is 0 Å². The Morgan fingerprint density at radius 1 is 1.18 bits per heavy atom. The topological polar surface area (TPSA) is 67.6 Å². The second-order valence-electron chi connectivity index (χ2n) is 8.41. The van der Waals surface area contributed by atoms with Crippen molar-refractivity contribution in [2.24, 2.45) is 0 Å². The van der Waals surface area contributed by atoms with E-state index in [4.69, 9.17) is 14.1 Å². The second-order valence-corrected chi connectivity index (χ2v) is 8.41. The van der Waals surface area contributed by atoms with Gasteiger partial charge >= 0.3 is 6.03 Å². The number of nitrogens with one attached hydrogen (secondary N) is 1. The summed E-state index contributed by atoms with van der Waals surface area (Å²) in [6.45, 7) is 4.79. The quantitative estimate of drug-likeness (QED) is 0.360. The molecule has 7 heteroatoms. The van der Waals surface area contributed by atoms with Crippen molar-refractivity contribution in [2.45, 2.75) is 32.7 Å². The van der Waals surface area contributed by atoms with Crippen LogP contribution in [0.3, 0.4) is 0 Å². The number of urea groups is 1. The molecule has 1 N–H and O–H groups in total. The van der Waals surface area contributed by atoms with Crippen LogP contribution in [0.2, 0.25) is 0 Å². The van der Waals surface area contributed by atoms with Gasteiger partial charge in [-0.2, -0.15) is 0 Å². The lowest BCUT2D eigenvalue weighted by Crippen LogP contribution is -2.34. The van der Waals surface area contributed by atoms with Gasteiger partial charge in [-0.05, 0) is 79.8 Å². The Hall–Kier alpha value is -3.87. The van der Waals surface area contributed by atoms with E-state index in [1.165, 1.54) is 6.07 Å². The molecule has 3 aromatic carbocycles. The van der Waals surface area contributed by atoms with E-state index in [0.717, 1.165) is 24.0 Å². The van der Waals surface area contributed by atoms with Crippen LogP contribution in [0.25, 0.3) is 22.2 Å². The lowest BCUT2D eigenvalue weighted by atomic mass is 10.0. The molecule has 2 heterocycles. The first-order chi connectivity index (χ1) is 16.5. The highest BCUT2D eigenvalue weighted by atomic mass is 19.1. The molecule has 0 bridgehead atoms. The minimum absolute atomic E-state index is 0.209. The summed E-state index contributed by atoms with van der Waals surface area (Å²) in [7, 11) is 0. The molecule has 1 aromatic heterocycles. The van der Waals surface area contributed by atoms with Crippen LogP contribution in [0, 0.1) is 12.7 Å². The summed E-state index contributed by atoms with van der Waals surface area (Å²) in [5.74, 6) is 0.935. The molecule has 5 rings (SSSR count). The molecule has 0 saturated carbocycles. The minimum Gasteiger partial charge on any atom is -0.492 e. The number of carbonyl (C=O) groups is 1. The van der Waals surface area contributed by atoms with Gasteiger partial charge in [0, 0.05) is 6.54 Å². The van der Waals surface area contributed by atoms with Crippen LogP contribution in [0.4, 0.5) is 14.9 Å². The van der Waals surface area contributed by atoms with Crippen molar-refractivity contribution in [2.75, 3.05) is 18.5 Å². The monoisotopic (exact) mass is 459 g/mol. The van der Waals surface area contributed by atoms with Crippen LogP contribution in [-0.2, 0) is 0 Å². The molecule has 0 radical (unpaired) electrons. The van der Waals surface area contributed by atoms with Crippen LogP contribution in [-0.4, -0.2) is 29.1 Å². The standard InChI is InChI=1S/C27H26FN3O3/c1-3-33-24-9-5-4-7-21(24)30-27(32)31-14-6-8-23(31)26-29-22-16-19(11-13-25(22)34-26)18-10-12-20(28)17(2)15-18/h4-5,7,9-13,15-16,23H,3,6,8,14H2,1-2H3,(H,30,32)/t23-/m1/s1. The normalized spacial score (nSPS) is 15.6. The maximum atomic E-state index is 13.7. The highest BCUT2D eigenvalue weighted by Crippen LogP contribution is 2.35. The van der Waals surface area contributed by atoms with Gasteiger partial charge in [0.1, 0.15) is 23.1 Å². The van der Waals surface area contributed by atoms with E-state index in [0.29, 0.717) is 47.1 Å². The van der Waals surface area contributed by atoms with Crippen LogP contribution in [0.15, 0.2) is 65.1 Å². The molecule has 0 unspecified atom stereocenters. The number of nitrogens with zero attached hydrogens (tertiary/aromatic N) is 2. The van der Waals surface area contributed by atoms with E-state index in [1.807, 2.05) is 55.5 Å². The summed E-state index contributed by atoms with van der Waals surface area (Å²) in [5.41, 5.74) is 4.45. The minimum atomic E-state index is -0.247. The van der Waals surface area contributed by atoms with Crippen molar-refractivity contribution in [1.82, 2.24) is 9.88 Å². The summed E-state index contributed by atoms with van der Waals surface area (Å²) in [5, 5.41) is 2.97. The lowest BCUT2D eigenvalue weighted by Gasteiger charge is -2.23. The van der Waals surface area contributed by atoms with Crippen molar-refractivity contribution < 1.29 is 18.3 Å². The van der Waals surface area contributed by atoms with Crippen molar-refractivity contribution in [1.29, 1.82) is 0 Å². The van der Waals surface area contributed by atoms with E-state index in [-0.39, 0.29) is 17.9 Å². The molecule has 4 aromatic rings. The van der Waals surface area contributed by atoms with E-state index in [2.05, 4.69) is 5.32 Å². The largest absolute Gasteiger partial charge is 0.492 e. The highest BCUT2D eigenvalue weighted by molar-refractivity contribution is 5.91. The SMILES string of the molecule is CCOc1ccccc1NC(=O)N1CCC[C@@H]1c1nc2cc(-c3ccc(F)c(C)c3)ccc2o1. The lowest BCUT2D eigenvalue weighted by molar-refractivity contribution is 0.198. The Kier molecular flexibility index (Phi) is 5.92. The molecule has 6 nitrogen and oxygen atoms in total. The molecule has 0 spiro atoms. The average molecular weight is 460 g/mol. The van der Waals surface area contributed by atoms with Crippen LogP contribution >= 0.6 is 0 Å². The molecule has 1 saturated heterocycles. The van der Waals surface area contributed by atoms with Crippen molar-refractivity contribution in [3.8, 4) is 16.9 Å². The first-order valence-corrected chi connectivity index (χ1v) is 11.5. The van der Waals surface area contributed by atoms with Gasteiger partial charge in [0.25, 0.3) is 0 Å². The van der Waals surface area contributed by atoms with Gasteiger partial charge in [-0.25, -0.2) is 14.2 Å². The number of anilines is 1. The van der Waals surface area contributed by atoms with E-state index in [1.54, 1.807) is 17.9 Å². The molecular weight excluding hydrogens is 433 g/mol. The van der Waals surface area contributed by atoms with E-state index in [9.17, 15) is 9.18 Å². The molecule has 34 heavy (non-hydrogen) atoms. The number of halogens is 1. The number of hydrogen-bond donors (Lipinski definition) is 1. The third-order valence-electron chi connectivity index (χ3n) is 6.12. The van der Waals surface area contributed by atoms with Gasteiger partial charge in [-0.15, -0.1) is 0 Å². The fourth-order valence-corrected chi connectivity index (χ4v) is 4.40. The van der Waals surface area contributed by atoms with Gasteiger partial charge in [0.15, 0.2) is 5.58 Å². The summed E-state index contributed by atoms with van der Waals surface area (Å²) >= 11 is 0. The molecule has 1 aliphatic rings. The Balaban J connectivity index is 1.39. The first kappa shape index (κ1) is 21.9. The highest BCUT2D eigenvalue weighted by Gasteiger charge is 2.34. The number of benzene rings is 3. The third-order valence-corrected chi connectivity index (χ3v) is 6.12. The number of carbonyl (C=O) groups excluding carboxylic acids is 1. The number of amides is 2. The predicted molar refractivity (Wildman–Crippen MR) is 129 cm³/mol.